The number of rotatable bonds is 5. The number of nitrogens with one attached hydrogen (secondary N) is 3. The van der Waals surface area contributed by atoms with E-state index >= 15 is 0 Å². The molecule has 0 unspecified atom stereocenters. The van der Waals surface area contributed by atoms with Crippen LogP contribution in [0.15, 0.2) is 69.1 Å². The van der Waals surface area contributed by atoms with Gasteiger partial charge in [-0.15, -0.1) is 0 Å². The first-order valence-corrected chi connectivity index (χ1v) is 13.0. The van der Waals surface area contributed by atoms with Crippen LogP contribution in [-0.2, 0) is 10.0 Å². The summed E-state index contributed by atoms with van der Waals surface area (Å²) in [6.07, 6.45) is 2.37. The molecule has 1 aromatic heterocycles. The normalized spacial score (nSPS) is 13.9. The summed E-state index contributed by atoms with van der Waals surface area (Å²) in [7, 11) is -4.00. The maximum Gasteiger partial charge on any atom is 0.314 e. The maximum absolute atomic E-state index is 13.2. The molecule has 1 saturated heterocycles. The van der Waals surface area contributed by atoms with Crippen molar-refractivity contribution in [2.45, 2.75) is 24.7 Å². The molecule has 8 nitrogen and oxygen atoms in total. The van der Waals surface area contributed by atoms with E-state index in [1.807, 2.05) is 12.1 Å². The number of aryl methyl sites for hydroxylation is 1. The number of hydrogen-bond donors (Lipinski definition) is 3. The lowest BCUT2D eigenvalue weighted by atomic mass is 10.0. The van der Waals surface area contributed by atoms with Gasteiger partial charge in [-0.1, -0.05) is 29.8 Å². The highest BCUT2D eigenvalue weighted by atomic mass is 35.5. The molecule has 2 heterocycles. The van der Waals surface area contributed by atoms with Gasteiger partial charge in [-0.3, -0.25) is 14.3 Å². The lowest BCUT2D eigenvalue weighted by Crippen LogP contribution is -2.29. The van der Waals surface area contributed by atoms with Gasteiger partial charge in [0, 0.05) is 24.3 Å². The SMILES string of the molecule is Cc1cc2[nH]c(=O)c(=O)[nH]c2cc1S(=O)(=O)Nc1ccc(-c2cccc(N3CCCC3)c2)c(Cl)c1. The van der Waals surface area contributed by atoms with Crippen molar-refractivity contribution in [3.8, 4) is 11.1 Å². The molecule has 0 saturated carbocycles. The zero-order chi connectivity index (χ0) is 24.7. The van der Waals surface area contributed by atoms with E-state index in [1.54, 1.807) is 25.1 Å². The van der Waals surface area contributed by atoms with Gasteiger partial charge in [0.25, 0.3) is 10.0 Å². The van der Waals surface area contributed by atoms with Crippen molar-refractivity contribution in [1.82, 2.24) is 9.97 Å². The largest absolute Gasteiger partial charge is 0.372 e. The smallest absolute Gasteiger partial charge is 0.314 e. The average Bonchev–Trinajstić information content (AvgIpc) is 3.35. The fourth-order valence-corrected chi connectivity index (χ4v) is 6.00. The molecule has 1 aliphatic heterocycles. The lowest BCUT2D eigenvalue weighted by Gasteiger charge is -2.19. The Balaban J connectivity index is 1.45. The van der Waals surface area contributed by atoms with Gasteiger partial charge < -0.3 is 14.9 Å². The predicted molar refractivity (Wildman–Crippen MR) is 139 cm³/mol. The van der Waals surface area contributed by atoms with Gasteiger partial charge in [-0.2, -0.15) is 0 Å². The molecule has 0 bridgehead atoms. The zero-order valence-electron chi connectivity index (χ0n) is 18.9. The molecular weight excluding hydrogens is 488 g/mol. The van der Waals surface area contributed by atoms with E-state index < -0.39 is 21.1 Å². The van der Waals surface area contributed by atoms with Gasteiger partial charge >= 0.3 is 11.1 Å². The summed E-state index contributed by atoms with van der Waals surface area (Å²) in [6, 6.07) is 16.0. The maximum atomic E-state index is 13.2. The highest BCUT2D eigenvalue weighted by Gasteiger charge is 2.20. The summed E-state index contributed by atoms with van der Waals surface area (Å²) >= 11 is 6.57. The fraction of sp³-hybridized carbons (Fsp3) is 0.200. The van der Waals surface area contributed by atoms with Gasteiger partial charge in [0.1, 0.15) is 0 Å². The number of halogens is 1. The average molecular weight is 511 g/mol. The summed E-state index contributed by atoms with van der Waals surface area (Å²) in [5.74, 6) is 0. The van der Waals surface area contributed by atoms with Crippen molar-refractivity contribution in [1.29, 1.82) is 0 Å². The number of aromatic nitrogens is 2. The van der Waals surface area contributed by atoms with E-state index in [9.17, 15) is 18.0 Å². The van der Waals surface area contributed by atoms with Crippen molar-refractivity contribution in [2.24, 2.45) is 0 Å². The Morgan fingerprint density at radius 2 is 1.60 bits per heavy atom. The van der Waals surface area contributed by atoms with Gasteiger partial charge in [-0.25, -0.2) is 8.42 Å². The molecule has 0 radical (unpaired) electrons. The van der Waals surface area contributed by atoms with Crippen molar-refractivity contribution in [2.75, 3.05) is 22.7 Å². The summed E-state index contributed by atoms with van der Waals surface area (Å²) in [6.45, 7) is 3.69. The predicted octanol–water partition coefficient (Wildman–Crippen LogP) is 4.25. The molecule has 180 valence electrons. The quantitative estimate of drug-likeness (QED) is 0.347. The number of anilines is 2. The molecule has 0 spiro atoms. The number of fused-ring (bicyclic) bond motifs is 1. The molecule has 3 N–H and O–H groups in total. The van der Waals surface area contributed by atoms with E-state index in [1.165, 1.54) is 25.0 Å². The molecule has 4 aromatic rings. The topological polar surface area (TPSA) is 115 Å². The Morgan fingerprint density at radius 1 is 0.914 bits per heavy atom. The molecule has 5 rings (SSSR count). The Bertz CT molecular complexity index is 1670. The van der Waals surface area contributed by atoms with E-state index in [0.717, 1.165) is 29.9 Å². The molecule has 10 heteroatoms. The Labute approximate surface area is 206 Å². The third kappa shape index (κ3) is 4.56. The minimum atomic E-state index is -4.00. The molecule has 1 aliphatic rings. The van der Waals surface area contributed by atoms with Crippen LogP contribution in [0.2, 0.25) is 5.02 Å². The fourth-order valence-electron chi connectivity index (χ4n) is 4.41. The molecular formula is C25H23ClN4O4S. The second-order valence-corrected chi connectivity index (χ2v) is 10.7. The van der Waals surface area contributed by atoms with Crippen LogP contribution in [0.5, 0.6) is 0 Å². The van der Waals surface area contributed by atoms with Crippen molar-refractivity contribution < 1.29 is 8.42 Å². The summed E-state index contributed by atoms with van der Waals surface area (Å²) < 4.78 is 28.9. The third-order valence-corrected chi connectivity index (χ3v) is 7.99. The van der Waals surface area contributed by atoms with Gasteiger partial charge in [0.05, 0.1) is 26.6 Å². The Kier molecular flexibility index (Phi) is 5.90. The first-order chi connectivity index (χ1) is 16.7. The van der Waals surface area contributed by atoms with Crippen LogP contribution in [0, 0.1) is 6.92 Å². The standard InChI is InChI=1S/C25H23ClN4O4S/c1-15-11-21-22(28-25(32)24(31)27-21)14-23(15)35(33,34)29-17-7-8-19(20(26)13-17)16-5-4-6-18(12-16)30-9-2-3-10-30/h4-8,11-14,29H,2-3,9-10H2,1H3,(H,27,31)(H,28,32). The third-order valence-electron chi connectivity index (χ3n) is 6.16. The number of aromatic amines is 2. The molecule has 35 heavy (non-hydrogen) atoms. The second kappa shape index (κ2) is 8.90. The van der Waals surface area contributed by atoms with Crippen LogP contribution < -0.4 is 20.7 Å². The van der Waals surface area contributed by atoms with Gasteiger partial charge in [0.15, 0.2) is 0 Å². The number of nitrogens with zero attached hydrogens (tertiary/aromatic N) is 1. The molecule has 3 aromatic carbocycles. The van der Waals surface area contributed by atoms with Crippen molar-refractivity contribution >= 4 is 44.0 Å². The Hall–Kier alpha value is -3.56. The highest BCUT2D eigenvalue weighted by molar-refractivity contribution is 7.92. The van der Waals surface area contributed by atoms with Crippen LogP contribution in [-0.4, -0.2) is 31.5 Å². The monoisotopic (exact) mass is 510 g/mol. The van der Waals surface area contributed by atoms with E-state index in [0.29, 0.717) is 21.8 Å². The number of hydrogen-bond acceptors (Lipinski definition) is 5. The van der Waals surface area contributed by atoms with Crippen molar-refractivity contribution in [3.63, 3.8) is 0 Å². The first kappa shape index (κ1) is 23.2. The van der Waals surface area contributed by atoms with Gasteiger partial charge in [0.2, 0.25) is 0 Å². The summed E-state index contributed by atoms with van der Waals surface area (Å²) in [4.78, 5) is 30.4. The Morgan fingerprint density at radius 3 is 2.29 bits per heavy atom. The lowest BCUT2D eigenvalue weighted by molar-refractivity contribution is 0.600. The summed E-state index contributed by atoms with van der Waals surface area (Å²) in [5.41, 5.74) is 2.53. The number of benzene rings is 3. The molecule has 1 fully saturated rings. The van der Waals surface area contributed by atoms with E-state index in [4.69, 9.17) is 11.6 Å². The van der Waals surface area contributed by atoms with Crippen LogP contribution >= 0.6 is 11.6 Å². The minimum absolute atomic E-state index is 0.0220. The molecule has 0 amide bonds. The van der Waals surface area contributed by atoms with Crippen LogP contribution in [0.1, 0.15) is 18.4 Å². The van der Waals surface area contributed by atoms with E-state index in [2.05, 4.69) is 31.7 Å². The van der Waals surface area contributed by atoms with Crippen LogP contribution in [0.3, 0.4) is 0 Å². The molecule has 0 aliphatic carbocycles. The second-order valence-electron chi connectivity index (χ2n) is 8.62. The van der Waals surface area contributed by atoms with Crippen molar-refractivity contribution in [3.05, 3.63) is 85.9 Å². The van der Waals surface area contributed by atoms with E-state index in [-0.39, 0.29) is 10.4 Å². The van der Waals surface area contributed by atoms with Crippen LogP contribution in [0.25, 0.3) is 22.2 Å². The van der Waals surface area contributed by atoms with Gasteiger partial charge in [-0.05, 0) is 67.3 Å². The number of H-pyrrole nitrogens is 2. The zero-order valence-corrected chi connectivity index (χ0v) is 20.5. The van der Waals surface area contributed by atoms with Crippen LogP contribution in [0.4, 0.5) is 11.4 Å². The summed E-state index contributed by atoms with van der Waals surface area (Å²) in [5, 5.41) is 0.418. The minimum Gasteiger partial charge on any atom is -0.372 e. The first-order valence-electron chi connectivity index (χ1n) is 11.2. The highest BCUT2D eigenvalue weighted by Crippen LogP contribution is 2.34. The number of sulfonamides is 1. The molecule has 0 atom stereocenters.